The number of hydrogen-bond donors (Lipinski definition) is 1. The Morgan fingerprint density at radius 3 is 2.39 bits per heavy atom. The first-order valence-corrected chi connectivity index (χ1v) is 8.18. The molecule has 23 heavy (non-hydrogen) atoms. The maximum Gasteiger partial charge on any atom is 0.267 e. The molecule has 0 spiro atoms. The lowest BCUT2D eigenvalue weighted by molar-refractivity contribution is 0.0995. The van der Waals surface area contributed by atoms with Crippen molar-refractivity contribution >= 4 is 5.91 Å². The van der Waals surface area contributed by atoms with Gasteiger partial charge in [0, 0.05) is 5.56 Å². The van der Waals surface area contributed by atoms with Crippen LogP contribution in [-0.2, 0) is 6.54 Å². The second kappa shape index (κ2) is 7.33. The Morgan fingerprint density at radius 2 is 1.74 bits per heavy atom. The quantitative estimate of drug-likeness (QED) is 0.942. The van der Waals surface area contributed by atoms with Crippen molar-refractivity contribution in [1.82, 2.24) is 14.9 Å². The zero-order chi connectivity index (χ0) is 16.1. The molecule has 0 atom stereocenters. The van der Waals surface area contributed by atoms with Gasteiger partial charge in [0.2, 0.25) is 0 Å². The number of carbonyl (C=O) groups excluding carboxylic acids is 1. The van der Waals surface area contributed by atoms with E-state index in [0.717, 1.165) is 24.3 Å². The minimum Gasteiger partial charge on any atom is -0.364 e. The summed E-state index contributed by atoms with van der Waals surface area (Å²) >= 11 is 0. The molecule has 0 unspecified atom stereocenters. The summed E-state index contributed by atoms with van der Waals surface area (Å²) in [6, 6.07) is 11.5. The zero-order valence-electron chi connectivity index (χ0n) is 13.2. The van der Waals surface area contributed by atoms with Crippen LogP contribution in [0.3, 0.4) is 0 Å². The number of aromatic nitrogens is 2. The SMILES string of the molecule is NC(=O)c1cc(-c2ccccc2)nc(CN2CCCCCC2)n1. The highest BCUT2D eigenvalue weighted by atomic mass is 16.1. The highest BCUT2D eigenvalue weighted by Crippen LogP contribution is 2.19. The predicted molar refractivity (Wildman–Crippen MR) is 89.7 cm³/mol. The van der Waals surface area contributed by atoms with Crippen LogP contribution in [0.4, 0.5) is 0 Å². The van der Waals surface area contributed by atoms with Gasteiger partial charge in [-0.25, -0.2) is 9.97 Å². The van der Waals surface area contributed by atoms with Crippen LogP contribution in [0, 0.1) is 0 Å². The molecule has 0 aliphatic carbocycles. The lowest BCUT2D eigenvalue weighted by Gasteiger charge is -2.19. The fraction of sp³-hybridized carbons (Fsp3) is 0.389. The standard InChI is InChI=1S/C18H22N4O/c19-18(23)16-12-15(14-8-4-3-5-9-14)20-17(21-16)13-22-10-6-1-2-7-11-22/h3-5,8-9,12H,1-2,6-7,10-11,13H2,(H2,19,23). The first-order chi connectivity index (χ1) is 11.2. The maximum atomic E-state index is 11.6. The molecule has 1 aromatic heterocycles. The van der Waals surface area contributed by atoms with E-state index >= 15 is 0 Å². The molecule has 5 nitrogen and oxygen atoms in total. The van der Waals surface area contributed by atoms with Crippen LogP contribution in [0.25, 0.3) is 11.3 Å². The van der Waals surface area contributed by atoms with Crippen molar-refractivity contribution in [2.24, 2.45) is 5.73 Å². The number of rotatable bonds is 4. The van der Waals surface area contributed by atoms with E-state index in [-0.39, 0.29) is 5.69 Å². The summed E-state index contributed by atoms with van der Waals surface area (Å²) in [5.41, 5.74) is 7.44. The number of benzene rings is 1. The van der Waals surface area contributed by atoms with Crippen LogP contribution < -0.4 is 5.73 Å². The number of hydrogen-bond acceptors (Lipinski definition) is 4. The summed E-state index contributed by atoms with van der Waals surface area (Å²) in [6.45, 7) is 2.79. The van der Waals surface area contributed by atoms with Crippen molar-refractivity contribution in [1.29, 1.82) is 0 Å². The summed E-state index contributed by atoms with van der Waals surface area (Å²) in [6.07, 6.45) is 4.99. The molecular formula is C18H22N4O. The molecule has 3 rings (SSSR count). The molecule has 0 radical (unpaired) electrons. The van der Waals surface area contributed by atoms with E-state index in [9.17, 15) is 4.79 Å². The summed E-state index contributed by atoms with van der Waals surface area (Å²) in [5, 5.41) is 0. The maximum absolute atomic E-state index is 11.6. The number of nitrogens with zero attached hydrogens (tertiary/aromatic N) is 3. The van der Waals surface area contributed by atoms with Gasteiger partial charge in [-0.15, -0.1) is 0 Å². The molecule has 5 heteroatoms. The van der Waals surface area contributed by atoms with Crippen molar-refractivity contribution in [3.8, 4) is 11.3 Å². The molecule has 0 saturated carbocycles. The molecule has 2 aromatic rings. The fourth-order valence-corrected chi connectivity index (χ4v) is 2.95. The lowest BCUT2D eigenvalue weighted by atomic mass is 10.1. The molecule has 1 amide bonds. The third kappa shape index (κ3) is 4.13. The Balaban J connectivity index is 1.89. The van der Waals surface area contributed by atoms with Gasteiger partial charge in [0.05, 0.1) is 12.2 Å². The Bertz CT molecular complexity index is 664. The van der Waals surface area contributed by atoms with E-state index in [1.165, 1.54) is 25.7 Å². The molecule has 120 valence electrons. The van der Waals surface area contributed by atoms with Crippen molar-refractivity contribution in [3.05, 3.63) is 47.9 Å². The first-order valence-electron chi connectivity index (χ1n) is 8.18. The normalized spacial score (nSPS) is 16.0. The summed E-state index contributed by atoms with van der Waals surface area (Å²) in [5.74, 6) is 0.156. The van der Waals surface area contributed by atoms with Crippen LogP contribution in [0.15, 0.2) is 36.4 Å². The zero-order valence-corrected chi connectivity index (χ0v) is 13.2. The smallest absolute Gasteiger partial charge is 0.267 e. The lowest BCUT2D eigenvalue weighted by Crippen LogP contribution is -2.26. The summed E-state index contributed by atoms with van der Waals surface area (Å²) in [4.78, 5) is 23.0. The molecule has 1 fully saturated rings. The number of carbonyl (C=O) groups is 1. The van der Waals surface area contributed by atoms with Gasteiger partial charge < -0.3 is 5.73 Å². The van der Waals surface area contributed by atoms with Crippen molar-refractivity contribution in [3.63, 3.8) is 0 Å². The van der Waals surface area contributed by atoms with Crippen molar-refractivity contribution in [2.45, 2.75) is 32.2 Å². The van der Waals surface area contributed by atoms with Gasteiger partial charge in [0.1, 0.15) is 11.5 Å². The second-order valence-corrected chi connectivity index (χ2v) is 5.98. The van der Waals surface area contributed by atoms with E-state index in [1.54, 1.807) is 6.07 Å². The van der Waals surface area contributed by atoms with Crippen LogP contribution >= 0.6 is 0 Å². The van der Waals surface area contributed by atoms with Crippen molar-refractivity contribution in [2.75, 3.05) is 13.1 Å². The third-order valence-electron chi connectivity index (χ3n) is 4.16. The van der Waals surface area contributed by atoms with Gasteiger partial charge >= 0.3 is 0 Å². The average molecular weight is 310 g/mol. The van der Waals surface area contributed by atoms with Gasteiger partial charge in [-0.3, -0.25) is 9.69 Å². The third-order valence-corrected chi connectivity index (χ3v) is 4.16. The van der Waals surface area contributed by atoms with Crippen LogP contribution in [0.2, 0.25) is 0 Å². The topological polar surface area (TPSA) is 72.1 Å². The molecular weight excluding hydrogens is 288 g/mol. The highest BCUT2D eigenvalue weighted by Gasteiger charge is 2.14. The molecule has 1 saturated heterocycles. The Labute approximate surface area is 136 Å². The van der Waals surface area contributed by atoms with Gasteiger partial charge in [-0.2, -0.15) is 0 Å². The molecule has 2 heterocycles. The van der Waals surface area contributed by atoms with Gasteiger partial charge in [-0.1, -0.05) is 43.2 Å². The monoisotopic (exact) mass is 310 g/mol. The van der Waals surface area contributed by atoms with Gasteiger partial charge in [0.15, 0.2) is 0 Å². The minimum absolute atomic E-state index is 0.281. The summed E-state index contributed by atoms with van der Waals surface area (Å²) < 4.78 is 0. The van der Waals surface area contributed by atoms with Crippen molar-refractivity contribution < 1.29 is 4.79 Å². The van der Waals surface area contributed by atoms with E-state index in [2.05, 4.69) is 14.9 Å². The number of primary amides is 1. The summed E-state index contributed by atoms with van der Waals surface area (Å²) in [7, 11) is 0. The Morgan fingerprint density at radius 1 is 1.04 bits per heavy atom. The first kappa shape index (κ1) is 15.6. The molecule has 1 aromatic carbocycles. The molecule has 1 aliphatic heterocycles. The fourth-order valence-electron chi connectivity index (χ4n) is 2.95. The number of amides is 1. The Hall–Kier alpha value is -2.27. The Kier molecular flexibility index (Phi) is 4.98. The van der Waals surface area contributed by atoms with E-state index < -0.39 is 5.91 Å². The van der Waals surface area contributed by atoms with Crippen LogP contribution in [-0.4, -0.2) is 33.9 Å². The number of likely N-dealkylation sites (tertiary alicyclic amines) is 1. The highest BCUT2D eigenvalue weighted by molar-refractivity contribution is 5.91. The van der Waals surface area contributed by atoms with Crippen LogP contribution in [0.5, 0.6) is 0 Å². The largest absolute Gasteiger partial charge is 0.364 e. The van der Waals surface area contributed by atoms with E-state index in [4.69, 9.17) is 5.73 Å². The molecule has 2 N–H and O–H groups in total. The van der Waals surface area contributed by atoms with Crippen LogP contribution in [0.1, 0.15) is 42.0 Å². The predicted octanol–water partition coefficient (Wildman–Crippen LogP) is 2.62. The number of nitrogens with two attached hydrogens (primary N) is 1. The van der Waals surface area contributed by atoms with E-state index in [0.29, 0.717) is 12.4 Å². The molecule has 0 bridgehead atoms. The second-order valence-electron chi connectivity index (χ2n) is 5.98. The van der Waals surface area contributed by atoms with Gasteiger partial charge in [-0.05, 0) is 32.0 Å². The average Bonchev–Trinajstić information content (AvgIpc) is 2.84. The molecule has 1 aliphatic rings. The minimum atomic E-state index is -0.512. The van der Waals surface area contributed by atoms with E-state index in [1.807, 2.05) is 30.3 Å². The van der Waals surface area contributed by atoms with Gasteiger partial charge in [0.25, 0.3) is 5.91 Å².